The monoisotopic (exact) mass is 369 g/mol. The van der Waals surface area contributed by atoms with E-state index in [0.29, 0.717) is 37.9 Å². The first-order valence-corrected chi connectivity index (χ1v) is 9.05. The maximum Gasteiger partial charge on any atom is 0.292 e. The molecular weight excluding hydrogens is 346 g/mol. The van der Waals surface area contributed by atoms with Crippen molar-refractivity contribution < 1.29 is 23.7 Å². The van der Waals surface area contributed by atoms with Gasteiger partial charge in [0.05, 0.1) is 32.6 Å². The van der Waals surface area contributed by atoms with E-state index in [-0.39, 0.29) is 5.91 Å². The fourth-order valence-electron chi connectivity index (χ4n) is 3.82. The summed E-state index contributed by atoms with van der Waals surface area (Å²) in [5.41, 5.74) is 3.68. The lowest BCUT2D eigenvalue weighted by Gasteiger charge is -2.22. The van der Waals surface area contributed by atoms with Gasteiger partial charge in [0.25, 0.3) is 11.7 Å². The zero-order valence-electron chi connectivity index (χ0n) is 15.8. The highest BCUT2D eigenvalue weighted by molar-refractivity contribution is 6.07. The van der Waals surface area contributed by atoms with Crippen LogP contribution in [0.25, 0.3) is 0 Å². The van der Waals surface area contributed by atoms with Gasteiger partial charge in [0.2, 0.25) is 0 Å². The van der Waals surface area contributed by atoms with Crippen molar-refractivity contribution in [3.63, 3.8) is 0 Å². The third-order valence-electron chi connectivity index (χ3n) is 5.05. The first kappa shape index (κ1) is 17.8. The fraction of sp³-hybridized carbons (Fsp3) is 0.381. The molecule has 0 unspecified atom stereocenters. The van der Waals surface area contributed by atoms with Crippen molar-refractivity contribution >= 4 is 11.6 Å². The molecule has 6 heteroatoms. The second kappa shape index (κ2) is 6.87. The highest BCUT2D eigenvalue weighted by Gasteiger charge is 2.57. The average Bonchev–Trinajstić information content (AvgIpc) is 3.26. The summed E-state index contributed by atoms with van der Waals surface area (Å²) in [7, 11) is 1.60. The molecule has 0 saturated carbocycles. The van der Waals surface area contributed by atoms with Crippen LogP contribution >= 0.6 is 0 Å². The zero-order chi connectivity index (χ0) is 19.0. The second-order valence-electron chi connectivity index (χ2n) is 6.69. The molecule has 27 heavy (non-hydrogen) atoms. The van der Waals surface area contributed by atoms with Crippen LogP contribution in [0, 0.1) is 13.8 Å². The van der Waals surface area contributed by atoms with Crippen LogP contribution < -0.4 is 14.4 Å². The molecule has 142 valence electrons. The van der Waals surface area contributed by atoms with E-state index < -0.39 is 5.79 Å². The molecule has 2 aromatic carbocycles. The van der Waals surface area contributed by atoms with E-state index >= 15 is 0 Å². The predicted octanol–water partition coefficient (Wildman–Crippen LogP) is 2.94. The Bertz CT molecular complexity index is 873. The van der Waals surface area contributed by atoms with Crippen LogP contribution in [0.3, 0.4) is 0 Å². The Labute approximate surface area is 158 Å². The third kappa shape index (κ3) is 2.76. The van der Waals surface area contributed by atoms with E-state index in [1.165, 1.54) is 0 Å². The summed E-state index contributed by atoms with van der Waals surface area (Å²) in [5.74, 6) is -0.181. The molecular formula is C21H23NO5. The lowest BCUT2D eigenvalue weighted by Crippen LogP contribution is -2.42. The van der Waals surface area contributed by atoms with Gasteiger partial charge in [0, 0.05) is 5.56 Å². The minimum absolute atomic E-state index is 0.184. The average molecular weight is 369 g/mol. The van der Waals surface area contributed by atoms with Gasteiger partial charge in [-0.3, -0.25) is 4.79 Å². The smallest absolute Gasteiger partial charge is 0.292 e. The fourth-order valence-corrected chi connectivity index (χ4v) is 3.82. The summed E-state index contributed by atoms with van der Waals surface area (Å²) in [6, 6.07) is 11.5. The summed E-state index contributed by atoms with van der Waals surface area (Å²) < 4.78 is 22.9. The van der Waals surface area contributed by atoms with Crippen molar-refractivity contribution in [2.24, 2.45) is 0 Å². The molecule has 4 rings (SSSR count). The van der Waals surface area contributed by atoms with Crippen LogP contribution in [0.5, 0.6) is 11.5 Å². The number of carbonyl (C=O) groups is 1. The van der Waals surface area contributed by atoms with Gasteiger partial charge in [-0.1, -0.05) is 24.3 Å². The Morgan fingerprint density at radius 2 is 1.70 bits per heavy atom. The predicted molar refractivity (Wildman–Crippen MR) is 100 cm³/mol. The van der Waals surface area contributed by atoms with Gasteiger partial charge in [-0.2, -0.15) is 0 Å². The number of amides is 1. The molecule has 1 spiro atoms. The van der Waals surface area contributed by atoms with Gasteiger partial charge in [0.15, 0.2) is 11.5 Å². The largest absolute Gasteiger partial charge is 0.493 e. The molecule has 0 radical (unpaired) electrons. The molecule has 1 saturated heterocycles. The van der Waals surface area contributed by atoms with Gasteiger partial charge in [-0.05, 0) is 37.1 Å². The van der Waals surface area contributed by atoms with Gasteiger partial charge in [-0.15, -0.1) is 0 Å². The molecule has 2 aliphatic heterocycles. The number of hydrogen-bond acceptors (Lipinski definition) is 5. The van der Waals surface area contributed by atoms with Crippen molar-refractivity contribution in [1.82, 2.24) is 0 Å². The quantitative estimate of drug-likeness (QED) is 0.811. The van der Waals surface area contributed by atoms with E-state index in [1.54, 1.807) is 12.0 Å². The van der Waals surface area contributed by atoms with Crippen LogP contribution in [0.4, 0.5) is 5.69 Å². The molecule has 0 N–H and O–H groups in total. The van der Waals surface area contributed by atoms with E-state index in [2.05, 4.69) is 0 Å². The Morgan fingerprint density at radius 3 is 2.41 bits per heavy atom. The number of para-hydroxylation sites is 2. The Balaban J connectivity index is 1.61. The van der Waals surface area contributed by atoms with Gasteiger partial charge in [0.1, 0.15) is 6.61 Å². The van der Waals surface area contributed by atoms with Crippen molar-refractivity contribution in [1.29, 1.82) is 0 Å². The van der Waals surface area contributed by atoms with Crippen LogP contribution in [-0.2, 0) is 20.1 Å². The van der Waals surface area contributed by atoms with E-state index in [1.807, 2.05) is 50.2 Å². The molecule has 0 aromatic heterocycles. The van der Waals surface area contributed by atoms with Gasteiger partial charge in [-0.25, -0.2) is 0 Å². The molecule has 0 atom stereocenters. The number of methoxy groups -OCH3 is 1. The number of carbonyl (C=O) groups excluding carboxylic acids is 1. The number of nitrogens with zero attached hydrogens (tertiary/aromatic N) is 1. The number of hydrogen-bond donors (Lipinski definition) is 0. The van der Waals surface area contributed by atoms with Crippen molar-refractivity contribution in [2.75, 3.05) is 38.4 Å². The molecule has 1 fully saturated rings. The Kier molecular flexibility index (Phi) is 4.53. The molecule has 2 aromatic rings. The van der Waals surface area contributed by atoms with Crippen LogP contribution in [0.1, 0.15) is 16.7 Å². The second-order valence-corrected chi connectivity index (χ2v) is 6.69. The first-order chi connectivity index (χ1) is 13.1. The Morgan fingerprint density at radius 1 is 1.04 bits per heavy atom. The van der Waals surface area contributed by atoms with Gasteiger partial charge < -0.3 is 23.8 Å². The summed E-state index contributed by atoms with van der Waals surface area (Å²) >= 11 is 0. The number of aryl methyl sites for hydroxylation is 2. The molecule has 0 bridgehead atoms. The van der Waals surface area contributed by atoms with Crippen molar-refractivity contribution in [3.05, 3.63) is 53.1 Å². The van der Waals surface area contributed by atoms with E-state index in [4.69, 9.17) is 18.9 Å². The van der Waals surface area contributed by atoms with Gasteiger partial charge >= 0.3 is 0 Å². The van der Waals surface area contributed by atoms with Crippen molar-refractivity contribution in [3.8, 4) is 11.5 Å². The standard InChI is InChI=1S/C21H23NO5/c1-14-8-9-15(2)19-18(14)21(26-12-13-27-21)20(23)22(19)10-11-25-17-7-5-4-6-16(17)24-3/h4-9H,10-13H2,1-3H3. The summed E-state index contributed by atoms with van der Waals surface area (Å²) in [6.07, 6.45) is 0. The number of rotatable bonds is 5. The lowest BCUT2D eigenvalue weighted by molar-refractivity contribution is -0.180. The molecule has 1 amide bonds. The molecule has 6 nitrogen and oxygen atoms in total. The summed E-state index contributed by atoms with van der Waals surface area (Å²) in [5, 5.41) is 0. The number of ether oxygens (including phenoxy) is 4. The third-order valence-corrected chi connectivity index (χ3v) is 5.05. The zero-order valence-corrected chi connectivity index (χ0v) is 15.8. The lowest BCUT2D eigenvalue weighted by atomic mass is 9.98. The normalized spacial score (nSPS) is 17.4. The Hall–Kier alpha value is -2.57. The highest BCUT2D eigenvalue weighted by Crippen LogP contribution is 2.48. The number of anilines is 1. The van der Waals surface area contributed by atoms with E-state index in [0.717, 1.165) is 22.4 Å². The number of benzene rings is 2. The van der Waals surface area contributed by atoms with Crippen molar-refractivity contribution in [2.45, 2.75) is 19.6 Å². The number of fused-ring (bicyclic) bond motifs is 2. The maximum atomic E-state index is 13.3. The minimum atomic E-state index is -1.31. The minimum Gasteiger partial charge on any atom is -0.493 e. The molecule has 0 aliphatic carbocycles. The van der Waals surface area contributed by atoms with Crippen LogP contribution in [-0.4, -0.2) is 39.4 Å². The highest BCUT2D eigenvalue weighted by atomic mass is 16.7. The summed E-state index contributed by atoms with van der Waals surface area (Å²) in [6.45, 7) is 5.51. The van der Waals surface area contributed by atoms with Crippen LogP contribution in [0.2, 0.25) is 0 Å². The maximum absolute atomic E-state index is 13.3. The SMILES string of the molecule is COc1ccccc1OCCN1C(=O)C2(OCCO2)c2c(C)ccc(C)c21. The molecule has 2 heterocycles. The summed E-state index contributed by atoms with van der Waals surface area (Å²) in [4.78, 5) is 15.0. The van der Waals surface area contributed by atoms with Crippen LogP contribution in [0.15, 0.2) is 36.4 Å². The first-order valence-electron chi connectivity index (χ1n) is 9.05. The topological polar surface area (TPSA) is 57.2 Å². The molecule has 2 aliphatic rings. The van der Waals surface area contributed by atoms with E-state index in [9.17, 15) is 4.79 Å².